The number of benzene rings is 3. The number of hydrogen-bond acceptors (Lipinski definition) is 4. The van der Waals surface area contributed by atoms with Crippen LogP contribution in [0.25, 0.3) is 0 Å². The van der Waals surface area contributed by atoms with Crippen molar-refractivity contribution in [1.82, 2.24) is 10.2 Å². The van der Waals surface area contributed by atoms with Gasteiger partial charge in [-0.3, -0.25) is 0 Å². The summed E-state index contributed by atoms with van der Waals surface area (Å²) in [5.74, 6) is 1.90. The first-order valence-corrected chi connectivity index (χ1v) is 12.2. The van der Waals surface area contributed by atoms with Crippen molar-refractivity contribution in [3.8, 4) is 11.5 Å². The first-order chi connectivity index (χ1) is 16.3. The molecule has 0 fully saturated rings. The summed E-state index contributed by atoms with van der Waals surface area (Å²) in [4.78, 5) is 2.38. The Hall–Kier alpha value is -2.82. The Morgan fingerprint density at radius 2 is 1.64 bits per heavy atom. The molecule has 0 amide bonds. The largest absolute Gasteiger partial charge is 0.493 e. The summed E-state index contributed by atoms with van der Waals surface area (Å²) in [6.45, 7) is 9.84. The molecule has 33 heavy (non-hydrogen) atoms. The van der Waals surface area contributed by atoms with E-state index in [0.29, 0.717) is 6.61 Å². The lowest BCUT2D eigenvalue weighted by atomic mass is 9.89. The lowest BCUT2D eigenvalue weighted by Crippen LogP contribution is -2.30. The highest BCUT2D eigenvalue weighted by molar-refractivity contribution is 5.45. The second-order valence-electron chi connectivity index (χ2n) is 8.53. The van der Waals surface area contributed by atoms with E-state index in [1.54, 1.807) is 0 Å². The van der Waals surface area contributed by atoms with Gasteiger partial charge in [-0.25, -0.2) is 0 Å². The molecule has 1 N–H and O–H groups in total. The zero-order valence-electron chi connectivity index (χ0n) is 19.9. The minimum atomic E-state index is 0.177. The lowest BCUT2D eigenvalue weighted by molar-refractivity contribution is 0.222. The van der Waals surface area contributed by atoms with Gasteiger partial charge in [-0.05, 0) is 66.0 Å². The highest BCUT2D eigenvalue weighted by atomic mass is 16.5. The predicted octanol–water partition coefficient (Wildman–Crippen LogP) is 5.26. The third-order valence-corrected chi connectivity index (χ3v) is 6.43. The van der Waals surface area contributed by atoms with Crippen molar-refractivity contribution >= 4 is 0 Å². The van der Waals surface area contributed by atoms with E-state index in [1.165, 1.54) is 22.3 Å². The minimum absolute atomic E-state index is 0.177. The Labute approximate surface area is 198 Å². The maximum absolute atomic E-state index is 6.08. The van der Waals surface area contributed by atoms with Gasteiger partial charge < -0.3 is 19.7 Å². The number of rotatable bonds is 11. The van der Waals surface area contributed by atoms with Crippen molar-refractivity contribution in [2.75, 3.05) is 39.4 Å². The standard InChI is InChI=1S/C29H36N2O2/c1-3-31(4-2)18-20-33-27-13-14-28-24(21-27)15-17-30-29(28)25-11-8-12-26(22-25)32-19-16-23-9-6-5-7-10-23/h5-14,21-22,29-30H,3-4,15-20H2,1-2H3. The number of ether oxygens (including phenoxy) is 2. The van der Waals surface area contributed by atoms with E-state index in [2.05, 4.69) is 84.7 Å². The van der Waals surface area contributed by atoms with Gasteiger partial charge in [0.2, 0.25) is 0 Å². The van der Waals surface area contributed by atoms with Crippen LogP contribution in [0.4, 0.5) is 0 Å². The van der Waals surface area contributed by atoms with E-state index in [1.807, 2.05) is 12.1 Å². The van der Waals surface area contributed by atoms with E-state index < -0.39 is 0 Å². The maximum Gasteiger partial charge on any atom is 0.119 e. The van der Waals surface area contributed by atoms with Crippen molar-refractivity contribution in [1.29, 1.82) is 0 Å². The summed E-state index contributed by atoms with van der Waals surface area (Å²) < 4.78 is 12.1. The molecule has 1 aliphatic rings. The first kappa shape index (κ1) is 23.3. The van der Waals surface area contributed by atoms with Gasteiger partial charge in [-0.15, -0.1) is 0 Å². The van der Waals surface area contributed by atoms with Gasteiger partial charge in [-0.1, -0.05) is 62.4 Å². The highest BCUT2D eigenvalue weighted by Crippen LogP contribution is 2.32. The van der Waals surface area contributed by atoms with Crippen molar-refractivity contribution in [3.63, 3.8) is 0 Å². The van der Waals surface area contributed by atoms with Gasteiger partial charge >= 0.3 is 0 Å². The zero-order valence-corrected chi connectivity index (χ0v) is 19.9. The van der Waals surface area contributed by atoms with Crippen LogP contribution in [-0.2, 0) is 12.8 Å². The predicted molar refractivity (Wildman–Crippen MR) is 135 cm³/mol. The Bertz CT molecular complexity index is 1000. The van der Waals surface area contributed by atoms with Crippen molar-refractivity contribution in [2.45, 2.75) is 32.7 Å². The highest BCUT2D eigenvalue weighted by Gasteiger charge is 2.22. The van der Waals surface area contributed by atoms with Crippen LogP contribution < -0.4 is 14.8 Å². The molecular formula is C29H36N2O2. The van der Waals surface area contributed by atoms with Gasteiger partial charge in [0.05, 0.1) is 12.6 Å². The number of likely N-dealkylation sites (N-methyl/N-ethyl adjacent to an activating group) is 1. The molecule has 0 saturated carbocycles. The monoisotopic (exact) mass is 444 g/mol. The van der Waals surface area contributed by atoms with Crippen LogP contribution in [0.3, 0.4) is 0 Å². The van der Waals surface area contributed by atoms with Crippen molar-refractivity contribution in [3.05, 3.63) is 95.1 Å². The number of nitrogens with one attached hydrogen (secondary N) is 1. The second kappa shape index (κ2) is 11.9. The van der Waals surface area contributed by atoms with Crippen LogP contribution in [0.1, 0.15) is 42.1 Å². The van der Waals surface area contributed by atoms with Crippen LogP contribution in [-0.4, -0.2) is 44.3 Å². The molecule has 0 radical (unpaired) electrons. The Morgan fingerprint density at radius 1 is 0.848 bits per heavy atom. The van der Waals surface area contributed by atoms with Gasteiger partial charge in [-0.2, -0.15) is 0 Å². The summed E-state index contributed by atoms with van der Waals surface area (Å²) >= 11 is 0. The molecule has 0 bridgehead atoms. The normalized spacial score (nSPS) is 15.3. The van der Waals surface area contributed by atoms with Crippen molar-refractivity contribution < 1.29 is 9.47 Å². The molecule has 1 aliphatic heterocycles. The molecule has 4 nitrogen and oxygen atoms in total. The summed E-state index contributed by atoms with van der Waals surface area (Å²) in [6.07, 6.45) is 1.93. The summed E-state index contributed by atoms with van der Waals surface area (Å²) in [5.41, 5.74) is 5.24. The third kappa shape index (κ3) is 6.37. The Balaban J connectivity index is 1.39. The molecule has 4 heteroatoms. The summed E-state index contributed by atoms with van der Waals surface area (Å²) in [7, 11) is 0. The SMILES string of the molecule is CCN(CC)CCOc1ccc2c(c1)CCNC2c1cccc(OCCc2ccccc2)c1. The third-order valence-electron chi connectivity index (χ3n) is 6.43. The summed E-state index contributed by atoms with van der Waals surface area (Å²) in [6, 6.07) is 25.7. The van der Waals surface area contributed by atoms with Crippen LogP contribution in [0.5, 0.6) is 11.5 Å². The molecule has 0 aromatic heterocycles. The van der Waals surface area contributed by atoms with E-state index in [4.69, 9.17) is 9.47 Å². The number of fused-ring (bicyclic) bond motifs is 1. The quantitative estimate of drug-likeness (QED) is 0.437. The average molecular weight is 445 g/mol. The molecule has 3 aromatic carbocycles. The van der Waals surface area contributed by atoms with Gasteiger partial charge in [0, 0.05) is 19.5 Å². The Kier molecular flexibility index (Phi) is 8.40. The van der Waals surface area contributed by atoms with E-state index in [-0.39, 0.29) is 6.04 Å². The molecular weight excluding hydrogens is 408 g/mol. The molecule has 1 heterocycles. The zero-order chi connectivity index (χ0) is 22.9. The average Bonchev–Trinajstić information content (AvgIpc) is 2.87. The molecule has 1 unspecified atom stereocenters. The van der Waals surface area contributed by atoms with E-state index in [9.17, 15) is 0 Å². The van der Waals surface area contributed by atoms with Gasteiger partial charge in [0.15, 0.2) is 0 Å². The molecule has 174 valence electrons. The molecule has 0 spiro atoms. The topological polar surface area (TPSA) is 33.7 Å². The molecule has 4 rings (SSSR count). The van der Waals surface area contributed by atoms with E-state index in [0.717, 1.165) is 57.1 Å². The smallest absolute Gasteiger partial charge is 0.119 e. The van der Waals surface area contributed by atoms with Crippen LogP contribution in [0.15, 0.2) is 72.8 Å². The fraction of sp³-hybridized carbons (Fsp3) is 0.379. The fourth-order valence-electron chi connectivity index (χ4n) is 4.48. The second-order valence-corrected chi connectivity index (χ2v) is 8.53. The molecule has 1 atom stereocenters. The summed E-state index contributed by atoms with van der Waals surface area (Å²) in [5, 5.41) is 3.69. The molecule has 0 aliphatic carbocycles. The first-order valence-electron chi connectivity index (χ1n) is 12.2. The molecule has 3 aromatic rings. The minimum Gasteiger partial charge on any atom is -0.493 e. The van der Waals surface area contributed by atoms with Crippen LogP contribution >= 0.6 is 0 Å². The van der Waals surface area contributed by atoms with Crippen LogP contribution in [0, 0.1) is 0 Å². The fourth-order valence-corrected chi connectivity index (χ4v) is 4.48. The van der Waals surface area contributed by atoms with Gasteiger partial charge in [0.25, 0.3) is 0 Å². The molecule has 0 saturated heterocycles. The van der Waals surface area contributed by atoms with E-state index >= 15 is 0 Å². The number of hydrogen-bond donors (Lipinski definition) is 1. The maximum atomic E-state index is 6.08. The lowest BCUT2D eigenvalue weighted by Gasteiger charge is -2.28. The van der Waals surface area contributed by atoms with Crippen molar-refractivity contribution in [2.24, 2.45) is 0 Å². The number of nitrogens with zero attached hydrogens (tertiary/aromatic N) is 1. The van der Waals surface area contributed by atoms with Crippen LogP contribution in [0.2, 0.25) is 0 Å². The van der Waals surface area contributed by atoms with Gasteiger partial charge in [0.1, 0.15) is 18.1 Å². The Morgan fingerprint density at radius 3 is 2.45 bits per heavy atom.